The van der Waals surface area contributed by atoms with E-state index < -0.39 is 0 Å². The van der Waals surface area contributed by atoms with Gasteiger partial charge in [0.05, 0.1) is 6.04 Å². The highest BCUT2D eigenvalue weighted by atomic mass is 35.5. The van der Waals surface area contributed by atoms with Gasteiger partial charge in [0.15, 0.2) is 0 Å². The molecule has 4 nitrogen and oxygen atoms in total. The van der Waals surface area contributed by atoms with Crippen LogP contribution in [0.5, 0.6) is 5.75 Å². The molecule has 4 rings (SSSR count). The Bertz CT molecular complexity index is 1080. The van der Waals surface area contributed by atoms with Gasteiger partial charge in [-0.3, -0.25) is 4.79 Å². The maximum atomic E-state index is 12.9. The number of rotatable bonds is 7. The van der Waals surface area contributed by atoms with E-state index in [1.165, 1.54) is 18.5 Å². The normalized spacial score (nSPS) is 16.8. The lowest BCUT2D eigenvalue weighted by Crippen LogP contribution is -2.34. The first kappa shape index (κ1) is 23.2. The van der Waals surface area contributed by atoms with Crippen LogP contribution in [0.25, 0.3) is 0 Å². The van der Waals surface area contributed by atoms with Crippen molar-refractivity contribution in [2.45, 2.75) is 39.3 Å². The summed E-state index contributed by atoms with van der Waals surface area (Å²) in [5.41, 5.74) is 3.82. The first-order chi connectivity index (χ1) is 16.0. The number of carbonyl (C=O) groups excluding carboxylic acids is 1. The number of anilines is 1. The molecule has 0 spiro atoms. The third kappa shape index (κ3) is 6.08. The molecule has 1 saturated heterocycles. The summed E-state index contributed by atoms with van der Waals surface area (Å²) < 4.78 is 5.86. The van der Waals surface area contributed by atoms with Crippen molar-refractivity contribution in [1.29, 1.82) is 0 Å². The van der Waals surface area contributed by atoms with Gasteiger partial charge in [-0.2, -0.15) is 0 Å². The Morgan fingerprint density at radius 3 is 2.67 bits per heavy atom. The summed E-state index contributed by atoms with van der Waals surface area (Å²) in [6.45, 7) is 6.90. The van der Waals surface area contributed by atoms with Crippen molar-refractivity contribution in [2.75, 3.05) is 18.0 Å². The van der Waals surface area contributed by atoms with Gasteiger partial charge in [-0.05, 0) is 67.6 Å². The number of nitrogens with one attached hydrogen (secondary N) is 1. The third-order valence-electron chi connectivity index (χ3n) is 6.21. The molecule has 2 atom stereocenters. The van der Waals surface area contributed by atoms with Crippen molar-refractivity contribution in [1.82, 2.24) is 5.32 Å². The summed E-state index contributed by atoms with van der Waals surface area (Å²) in [5, 5.41) is 3.77. The number of hydrogen-bond acceptors (Lipinski definition) is 3. The summed E-state index contributed by atoms with van der Waals surface area (Å²) in [6.07, 6.45) is 2.56. The molecule has 1 fully saturated rings. The molecular weight excluding hydrogens is 432 g/mol. The maximum Gasteiger partial charge on any atom is 0.251 e. The minimum absolute atomic E-state index is 0.0977. The molecule has 3 aromatic carbocycles. The van der Waals surface area contributed by atoms with Crippen LogP contribution in [0.1, 0.15) is 54.2 Å². The van der Waals surface area contributed by atoms with E-state index in [0.29, 0.717) is 22.9 Å². The van der Waals surface area contributed by atoms with Gasteiger partial charge in [-0.25, -0.2) is 0 Å². The van der Waals surface area contributed by atoms with Crippen LogP contribution in [0.3, 0.4) is 0 Å². The van der Waals surface area contributed by atoms with Crippen molar-refractivity contribution in [2.24, 2.45) is 5.92 Å². The average molecular weight is 463 g/mol. The lowest BCUT2D eigenvalue weighted by Gasteiger charge is -2.33. The Labute approximate surface area is 201 Å². The summed E-state index contributed by atoms with van der Waals surface area (Å²) in [7, 11) is 0. The number of benzene rings is 3. The summed E-state index contributed by atoms with van der Waals surface area (Å²) in [5.74, 6) is 1.25. The molecule has 1 aliphatic rings. The van der Waals surface area contributed by atoms with Gasteiger partial charge in [0, 0.05) is 34.9 Å². The first-order valence-electron chi connectivity index (χ1n) is 11.6. The van der Waals surface area contributed by atoms with Gasteiger partial charge >= 0.3 is 0 Å². The van der Waals surface area contributed by atoms with E-state index in [9.17, 15) is 4.79 Å². The van der Waals surface area contributed by atoms with Gasteiger partial charge < -0.3 is 15.0 Å². The summed E-state index contributed by atoms with van der Waals surface area (Å²) >= 11 is 6.20. The van der Waals surface area contributed by atoms with Crippen LogP contribution >= 0.6 is 11.6 Å². The minimum Gasteiger partial charge on any atom is -0.489 e. The average Bonchev–Trinajstić information content (AvgIpc) is 2.84. The van der Waals surface area contributed by atoms with E-state index in [0.717, 1.165) is 30.1 Å². The second-order valence-corrected chi connectivity index (χ2v) is 9.30. The molecule has 0 aliphatic carbocycles. The van der Waals surface area contributed by atoms with Crippen LogP contribution < -0.4 is 15.0 Å². The number of amides is 1. The van der Waals surface area contributed by atoms with E-state index in [1.807, 2.05) is 43.3 Å². The topological polar surface area (TPSA) is 41.6 Å². The second kappa shape index (κ2) is 10.8. The maximum absolute atomic E-state index is 12.9. The van der Waals surface area contributed by atoms with Crippen molar-refractivity contribution >= 4 is 23.2 Å². The van der Waals surface area contributed by atoms with E-state index >= 15 is 0 Å². The fourth-order valence-electron chi connectivity index (χ4n) is 4.26. The largest absolute Gasteiger partial charge is 0.489 e. The van der Waals surface area contributed by atoms with E-state index in [-0.39, 0.29) is 11.9 Å². The quantitative estimate of drug-likeness (QED) is 0.427. The number of hydrogen-bond donors (Lipinski definition) is 1. The van der Waals surface area contributed by atoms with Crippen molar-refractivity contribution in [3.05, 3.63) is 94.5 Å². The van der Waals surface area contributed by atoms with Crippen LogP contribution in [0.15, 0.2) is 72.8 Å². The Balaban J connectivity index is 1.35. The number of carbonyl (C=O) groups is 1. The molecule has 0 bridgehead atoms. The van der Waals surface area contributed by atoms with Crippen LogP contribution in [0.4, 0.5) is 5.69 Å². The van der Waals surface area contributed by atoms with Gasteiger partial charge in [-0.1, -0.05) is 54.9 Å². The molecule has 1 aliphatic heterocycles. The Morgan fingerprint density at radius 2 is 1.91 bits per heavy atom. The Morgan fingerprint density at radius 1 is 1.12 bits per heavy atom. The molecule has 1 amide bonds. The van der Waals surface area contributed by atoms with Crippen LogP contribution in [0.2, 0.25) is 5.02 Å². The standard InChI is InChI=1S/C28H31ClN2O2/c1-20-7-6-16-31(18-20)25-14-12-22(13-15-25)21(2)30-28(32)23-9-5-10-26(17-23)33-19-24-8-3-4-11-27(24)29/h3-5,8-15,17,20-21H,6-7,16,18-19H2,1-2H3,(H,30,32)/t20-,21-/m1/s1. The zero-order valence-electron chi connectivity index (χ0n) is 19.3. The van der Waals surface area contributed by atoms with E-state index in [4.69, 9.17) is 16.3 Å². The Hall–Kier alpha value is -2.98. The molecule has 1 N–H and O–H groups in total. The van der Waals surface area contributed by atoms with E-state index in [1.54, 1.807) is 12.1 Å². The minimum atomic E-state index is -0.125. The zero-order valence-corrected chi connectivity index (χ0v) is 20.0. The second-order valence-electron chi connectivity index (χ2n) is 8.89. The highest BCUT2D eigenvalue weighted by Crippen LogP contribution is 2.25. The summed E-state index contributed by atoms with van der Waals surface area (Å²) in [6, 6.07) is 23.3. The first-order valence-corrected chi connectivity index (χ1v) is 12.0. The van der Waals surface area contributed by atoms with Crippen molar-refractivity contribution < 1.29 is 9.53 Å². The summed E-state index contributed by atoms with van der Waals surface area (Å²) in [4.78, 5) is 15.3. The molecule has 0 aromatic heterocycles. The van der Waals surface area contributed by atoms with Crippen LogP contribution in [-0.2, 0) is 6.61 Å². The number of halogens is 1. The smallest absolute Gasteiger partial charge is 0.251 e. The SMILES string of the molecule is C[C@@H]1CCCN(c2ccc([C@@H](C)NC(=O)c3cccc(OCc4ccccc4Cl)c3)cc2)C1. The number of piperidine rings is 1. The van der Waals surface area contributed by atoms with Crippen molar-refractivity contribution in [3.63, 3.8) is 0 Å². The fourth-order valence-corrected chi connectivity index (χ4v) is 4.45. The predicted octanol–water partition coefficient (Wildman–Crippen LogP) is 6.65. The molecule has 172 valence electrons. The zero-order chi connectivity index (χ0) is 23.2. The predicted molar refractivity (Wildman–Crippen MR) is 135 cm³/mol. The monoisotopic (exact) mass is 462 g/mol. The lowest BCUT2D eigenvalue weighted by atomic mass is 9.99. The number of nitrogens with zero attached hydrogens (tertiary/aromatic N) is 1. The van der Waals surface area contributed by atoms with E-state index in [2.05, 4.69) is 41.4 Å². The number of ether oxygens (including phenoxy) is 1. The highest BCUT2D eigenvalue weighted by molar-refractivity contribution is 6.31. The molecule has 33 heavy (non-hydrogen) atoms. The molecule has 0 saturated carbocycles. The molecule has 1 heterocycles. The van der Waals surface area contributed by atoms with Gasteiger partial charge in [0.25, 0.3) is 5.91 Å². The molecule has 0 radical (unpaired) electrons. The highest BCUT2D eigenvalue weighted by Gasteiger charge is 2.17. The van der Waals surface area contributed by atoms with Gasteiger partial charge in [-0.15, -0.1) is 0 Å². The van der Waals surface area contributed by atoms with Crippen LogP contribution in [-0.4, -0.2) is 19.0 Å². The molecular formula is C28H31ClN2O2. The lowest BCUT2D eigenvalue weighted by molar-refractivity contribution is 0.0939. The van der Waals surface area contributed by atoms with Gasteiger partial charge in [0.1, 0.15) is 12.4 Å². The fraction of sp³-hybridized carbons (Fsp3) is 0.321. The Kier molecular flexibility index (Phi) is 7.56. The molecule has 0 unspecified atom stereocenters. The molecule has 3 aromatic rings. The van der Waals surface area contributed by atoms with Crippen molar-refractivity contribution in [3.8, 4) is 5.75 Å². The molecule has 5 heteroatoms. The van der Waals surface area contributed by atoms with Crippen LogP contribution in [0, 0.1) is 5.92 Å². The third-order valence-corrected chi connectivity index (χ3v) is 6.58. The van der Waals surface area contributed by atoms with Gasteiger partial charge in [0.2, 0.25) is 0 Å².